The number of aromatic nitrogens is 3. The molecule has 0 unspecified atom stereocenters. The summed E-state index contributed by atoms with van der Waals surface area (Å²) in [5.41, 5.74) is 3.93. The highest BCUT2D eigenvalue weighted by atomic mass is 32.2. The Morgan fingerprint density at radius 3 is 2.00 bits per heavy atom. The van der Waals surface area contributed by atoms with Crippen molar-refractivity contribution >= 4 is 27.7 Å². The molecular formula is C24H21N5O3S2. The van der Waals surface area contributed by atoms with Gasteiger partial charge in [0.15, 0.2) is 0 Å². The van der Waals surface area contributed by atoms with Crippen molar-refractivity contribution in [3.05, 3.63) is 90.5 Å². The molecule has 0 aliphatic carbocycles. The lowest BCUT2D eigenvalue weighted by atomic mass is 10.0. The number of thioether (sulfide) groups is 1. The average Bonchev–Trinajstić information content (AvgIpc) is 2.87. The molecule has 0 fully saturated rings. The van der Waals surface area contributed by atoms with Crippen molar-refractivity contribution in [3.63, 3.8) is 0 Å². The molecule has 4 aromatic rings. The molecule has 0 aliphatic rings. The van der Waals surface area contributed by atoms with E-state index in [0.29, 0.717) is 16.5 Å². The van der Waals surface area contributed by atoms with E-state index < -0.39 is 10.0 Å². The molecule has 3 N–H and O–H groups in total. The molecule has 0 atom stereocenters. The van der Waals surface area contributed by atoms with Crippen molar-refractivity contribution in [3.8, 4) is 22.5 Å². The second kappa shape index (κ2) is 10.6. The van der Waals surface area contributed by atoms with Gasteiger partial charge in [-0.15, -0.1) is 10.2 Å². The molecule has 8 nitrogen and oxygen atoms in total. The molecule has 0 radical (unpaired) electrons. The number of nitrogens with zero attached hydrogens (tertiary/aromatic N) is 3. The van der Waals surface area contributed by atoms with E-state index in [1.54, 1.807) is 12.1 Å². The second-order valence-electron chi connectivity index (χ2n) is 7.28. The van der Waals surface area contributed by atoms with Crippen LogP contribution in [0.15, 0.2) is 95.0 Å². The lowest BCUT2D eigenvalue weighted by Gasteiger charge is -2.09. The number of hydrogen-bond acceptors (Lipinski definition) is 7. The number of sulfonamides is 1. The van der Waals surface area contributed by atoms with Crippen LogP contribution in [0.3, 0.4) is 0 Å². The highest BCUT2D eigenvalue weighted by Crippen LogP contribution is 2.29. The smallest absolute Gasteiger partial charge is 0.238 e. The van der Waals surface area contributed by atoms with Gasteiger partial charge in [0.25, 0.3) is 0 Å². The van der Waals surface area contributed by atoms with Crippen LogP contribution in [0.1, 0.15) is 5.56 Å². The summed E-state index contributed by atoms with van der Waals surface area (Å²) in [4.78, 5) is 17.0. The third kappa shape index (κ3) is 6.04. The molecular weight excluding hydrogens is 470 g/mol. The fraction of sp³-hybridized carbons (Fsp3) is 0.0833. The normalized spacial score (nSPS) is 11.2. The largest absolute Gasteiger partial charge is 0.351 e. The number of hydrogen-bond donors (Lipinski definition) is 2. The lowest BCUT2D eigenvalue weighted by Crippen LogP contribution is -2.24. The topological polar surface area (TPSA) is 128 Å². The van der Waals surface area contributed by atoms with Crippen LogP contribution in [0.25, 0.3) is 22.5 Å². The van der Waals surface area contributed by atoms with Crippen LogP contribution in [0.5, 0.6) is 0 Å². The highest BCUT2D eigenvalue weighted by Gasteiger charge is 2.15. The summed E-state index contributed by atoms with van der Waals surface area (Å²) >= 11 is 1.19. The van der Waals surface area contributed by atoms with E-state index in [4.69, 9.17) is 5.14 Å². The van der Waals surface area contributed by atoms with E-state index in [2.05, 4.69) is 20.5 Å². The molecule has 0 aliphatic heterocycles. The number of nitrogens with one attached hydrogen (secondary N) is 1. The van der Waals surface area contributed by atoms with Gasteiger partial charge in [0.1, 0.15) is 11.4 Å². The quantitative estimate of drug-likeness (QED) is 0.362. The lowest BCUT2D eigenvalue weighted by molar-refractivity contribution is -0.118. The fourth-order valence-electron chi connectivity index (χ4n) is 3.14. The van der Waals surface area contributed by atoms with Gasteiger partial charge >= 0.3 is 0 Å². The molecule has 1 heterocycles. The molecule has 4 rings (SSSR count). The van der Waals surface area contributed by atoms with Gasteiger partial charge in [0, 0.05) is 17.7 Å². The average molecular weight is 492 g/mol. The Hall–Kier alpha value is -3.60. The molecule has 10 heteroatoms. The van der Waals surface area contributed by atoms with Gasteiger partial charge in [0.05, 0.1) is 10.6 Å². The van der Waals surface area contributed by atoms with Crippen molar-refractivity contribution in [1.82, 2.24) is 20.5 Å². The zero-order chi connectivity index (χ0) is 24.0. The first-order valence-electron chi connectivity index (χ1n) is 10.3. The Labute approximate surface area is 201 Å². The van der Waals surface area contributed by atoms with Gasteiger partial charge in [-0.2, -0.15) is 0 Å². The van der Waals surface area contributed by atoms with Crippen LogP contribution in [0.2, 0.25) is 0 Å². The number of amides is 1. The maximum atomic E-state index is 12.3. The number of rotatable bonds is 8. The Bertz CT molecular complexity index is 1380. The van der Waals surface area contributed by atoms with Crippen molar-refractivity contribution in [2.45, 2.75) is 16.6 Å². The minimum absolute atomic E-state index is 0.0240. The fourth-order valence-corrected chi connectivity index (χ4v) is 4.27. The van der Waals surface area contributed by atoms with Crippen LogP contribution in [-0.4, -0.2) is 35.3 Å². The van der Waals surface area contributed by atoms with Gasteiger partial charge in [0.2, 0.25) is 21.1 Å². The third-order valence-electron chi connectivity index (χ3n) is 4.84. The van der Waals surface area contributed by atoms with Gasteiger partial charge in [-0.05, 0) is 17.7 Å². The maximum absolute atomic E-state index is 12.3. The summed E-state index contributed by atoms with van der Waals surface area (Å²) in [6, 6.07) is 25.4. The van der Waals surface area contributed by atoms with Crippen LogP contribution >= 0.6 is 11.8 Å². The molecule has 0 saturated heterocycles. The summed E-state index contributed by atoms with van der Waals surface area (Å²) < 4.78 is 22.7. The second-order valence-corrected chi connectivity index (χ2v) is 9.78. The SMILES string of the molecule is NS(=O)(=O)c1ccc(CNC(=O)CSc2nnc(-c3ccccc3)c(-c3ccccc3)n2)cc1. The Morgan fingerprint density at radius 2 is 1.41 bits per heavy atom. The number of nitrogens with two attached hydrogens (primary N) is 1. The van der Waals surface area contributed by atoms with Crippen molar-refractivity contribution in [2.24, 2.45) is 5.14 Å². The van der Waals surface area contributed by atoms with Crippen LogP contribution in [0, 0.1) is 0 Å². The van der Waals surface area contributed by atoms with Crippen molar-refractivity contribution in [1.29, 1.82) is 0 Å². The summed E-state index contributed by atoms with van der Waals surface area (Å²) in [7, 11) is -3.75. The van der Waals surface area contributed by atoms with Crippen molar-refractivity contribution < 1.29 is 13.2 Å². The molecule has 1 aromatic heterocycles. The predicted molar refractivity (Wildman–Crippen MR) is 131 cm³/mol. The first-order valence-corrected chi connectivity index (χ1v) is 12.8. The van der Waals surface area contributed by atoms with E-state index in [9.17, 15) is 13.2 Å². The Morgan fingerprint density at radius 1 is 0.824 bits per heavy atom. The third-order valence-corrected chi connectivity index (χ3v) is 6.60. The summed E-state index contributed by atoms with van der Waals surface area (Å²) in [6.07, 6.45) is 0. The van der Waals surface area contributed by atoms with Crippen LogP contribution in [-0.2, 0) is 21.4 Å². The van der Waals surface area contributed by atoms with Crippen LogP contribution < -0.4 is 10.5 Å². The molecule has 34 heavy (non-hydrogen) atoms. The van der Waals surface area contributed by atoms with Gasteiger partial charge in [-0.25, -0.2) is 18.5 Å². The first-order chi connectivity index (χ1) is 16.4. The number of benzene rings is 3. The van der Waals surface area contributed by atoms with E-state index in [1.807, 2.05) is 60.7 Å². The maximum Gasteiger partial charge on any atom is 0.238 e. The van der Waals surface area contributed by atoms with Crippen LogP contribution in [0.4, 0.5) is 0 Å². The zero-order valence-corrected chi connectivity index (χ0v) is 19.6. The monoisotopic (exact) mass is 491 g/mol. The standard InChI is InChI=1S/C24H21N5O3S2/c25-34(31,32)20-13-11-17(12-14-20)15-26-21(30)16-33-24-27-22(18-7-3-1-4-8-18)23(28-29-24)19-9-5-2-6-10-19/h1-14H,15-16H2,(H,26,30)(H2,25,31,32). The number of carbonyl (C=O) groups excluding carboxylic acids is 1. The van der Waals surface area contributed by atoms with E-state index in [0.717, 1.165) is 16.7 Å². The molecule has 0 bridgehead atoms. The Balaban J connectivity index is 1.43. The predicted octanol–water partition coefficient (Wildman–Crippen LogP) is 3.26. The van der Waals surface area contributed by atoms with E-state index in [-0.39, 0.29) is 23.1 Å². The summed E-state index contributed by atoms with van der Waals surface area (Å²) in [6.45, 7) is 0.256. The van der Waals surface area contributed by atoms with Gasteiger partial charge < -0.3 is 5.32 Å². The van der Waals surface area contributed by atoms with Crippen molar-refractivity contribution in [2.75, 3.05) is 5.75 Å². The molecule has 172 valence electrons. The number of primary sulfonamides is 1. The molecule has 0 saturated carbocycles. The molecule has 3 aromatic carbocycles. The summed E-state index contributed by atoms with van der Waals surface area (Å²) in [5.74, 6) is -0.104. The number of carbonyl (C=O) groups is 1. The first kappa shape index (κ1) is 23.6. The van der Waals surface area contributed by atoms with E-state index >= 15 is 0 Å². The minimum atomic E-state index is -3.75. The summed E-state index contributed by atoms with van der Waals surface area (Å²) in [5, 5.41) is 16.9. The van der Waals surface area contributed by atoms with Gasteiger partial charge in [-0.1, -0.05) is 84.6 Å². The van der Waals surface area contributed by atoms with Gasteiger partial charge in [-0.3, -0.25) is 4.79 Å². The Kier molecular flexibility index (Phi) is 7.31. The minimum Gasteiger partial charge on any atom is -0.351 e. The van der Waals surface area contributed by atoms with E-state index in [1.165, 1.54) is 23.9 Å². The zero-order valence-electron chi connectivity index (χ0n) is 18.0. The molecule has 0 spiro atoms. The molecule has 1 amide bonds. The highest BCUT2D eigenvalue weighted by molar-refractivity contribution is 7.99.